The number of hydrogen-bond donors (Lipinski definition) is 2. The van der Waals surface area contributed by atoms with E-state index in [4.69, 9.17) is 5.73 Å². The van der Waals surface area contributed by atoms with Gasteiger partial charge in [-0.05, 0) is 30.8 Å². The molecule has 6 heteroatoms. The molecule has 0 bridgehead atoms. The number of rotatable bonds is 4. The number of halogens is 2. The summed E-state index contributed by atoms with van der Waals surface area (Å²) in [6.07, 6.45) is 3.36. The fourth-order valence-corrected chi connectivity index (χ4v) is 2.99. The number of aliphatic hydroxyl groups excluding tert-OH is 1. The van der Waals surface area contributed by atoms with Gasteiger partial charge in [0.1, 0.15) is 18.6 Å². The van der Waals surface area contributed by atoms with Gasteiger partial charge < -0.3 is 15.7 Å². The summed E-state index contributed by atoms with van der Waals surface area (Å²) in [6, 6.07) is -1.00. The zero-order chi connectivity index (χ0) is 14.9. The van der Waals surface area contributed by atoms with E-state index in [1.165, 1.54) is 11.0 Å². The molecule has 4 atom stereocenters. The Morgan fingerprint density at radius 1 is 1.60 bits per heavy atom. The molecule has 1 fully saturated rings. The average molecular weight is 287 g/mol. The van der Waals surface area contributed by atoms with Crippen molar-refractivity contribution < 1.29 is 13.9 Å². The van der Waals surface area contributed by atoms with Crippen LogP contribution in [0.5, 0.6) is 0 Å². The minimum atomic E-state index is -3.11. The van der Waals surface area contributed by atoms with Crippen LogP contribution in [-0.2, 0) is 0 Å². The van der Waals surface area contributed by atoms with Gasteiger partial charge in [-0.2, -0.15) is 0 Å². The van der Waals surface area contributed by atoms with E-state index in [9.17, 15) is 13.9 Å². The Balaban J connectivity index is 2.09. The van der Waals surface area contributed by atoms with Gasteiger partial charge in [-0.15, -0.1) is 0 Å². The van der Waals surface area contributed by atoms with Gasteiger partial charge in [-0.1, -0.05) is 20.3 Å². The van der Waals surface area contributed by atoms with E-state index in [1.54, 1.807) is 6.20 Å². The lowest BCUT2D eigenvalue weighted by molar-refractivity contribution is -0.128. The van der Waals surface area contributed by atoms with Crippen molar-refractivity contribution in [1.82, 2.24) is 4.90 Å². The number of aliphatic imine (C=N–C) groups is 1. The smallest absolute Gasteiger partial charge is 0.293 e. The van der Waals surface area contributed by atoms with Crippen LogP contribution in [0.2, 0.25) is 0 Å². The fraction of sp³-hybridized carbons (Fsp3) is 0.786. The first kappa shape index (κ1) is 15.2. The molecule has 0 aromatic heterocycles. The predicted octanol–water partition coefficient (Wildman–Crippen LogP) is 1.95. The van der Waals surface area contributed by atoms with Crippen molar-refractivity contribution in [2.24, 2.45) is 22.6 Å². The normalized spacial score (nSPS) is 34.1. The second-order valence-corrected chi connectivity index (χ2v) is 5.93. The maximum atomic E-state index is 14.3. The van der Waals surface area contributed by atoms with Gasteiger partial charge in [0.05, 0.1) is 6.04 Å². The zero-order valence-corrected chi connectivity index (χ0v) is 12.0. The van der Waals surface area contributed by atoms with Crippen molar-refractivity contribution in [1.29, 1.82) is 0 Å². The molecule has 0 saturated heterocycles. The molecule has 3 N–H and O–H groups in total. The van der Waals surface area contributed by atoms with Crippen molar-refractivity contribution in [2.45, 2.75) is 51.2 Å². The van der Waals surface area contributed by atoms with Gasteiger partial charge in [0.2, 0.25) is 0 Å². The maximum absolute atomic E-state index is 14.3. The molecule has 1 aliphatic heterocycles. The Bertz CT molecular complexity index is 411. The fourth-order valence-electron chi connectivity index (χ4n) is 2.99. The molecule has 0 aromatic rings. The lowest BCUT2D eigenvalue weighted by Crippen LogP contribution is -2.47. The summed E-state index contributed by atoms with van der Waals surface area (Å²) < 4.78 is 28.6. The average Bonchev–Trinajstić information content (AvgIpc) is 2.63. The van der Waals surface area contributed by atoms with E-state index in [-0.39, 0.29) is 19.0 Å². The number of hydrogen-bond acceptors (Lipinski definition) is 4. The minimum absolute atomic E-state index is 0.130. The first-order valence-corrected chi connectivity index (χ1v) is 7.16. The van der Waals surface area contributed by atoms with Crippen LogP contribution in [0.1, 0.15) is 33.1 Å². The summed E-state index contributed by atoms with van der Waals surface area (Å²) in [5.74, 6) is -2.78. The van der Waals surface area contributed by atoms with Crippen molar-refractivity contribution in [3.63, 3.8) is 0 Å². The Morgan fingerprint density at radius 2 is 2.30 bits per heavy atom. The van der Waals surface area contributed by atoms with Crippen LogP contribution >= 0.6 is 0 Å². The highest BCUT2D eigenvalue weighted by molar-refractivity contribution is 5.91. The topological polar surface area (TPSA) is 61.8 Å². The highest BCUT2D eigenvalue weighted by Crippen LogP contribution is 2.45. The molecule has 1 aliphatic carbocycles. The molecule has 0 aromatic carbocycles. The number of aliphatic hydroxyl groups is 1. The molecule has 4 unspecified atom stereocenters. The maximum Gasteiger partial charge on any atom is 0.293 e. The second kappa shape index (κ2) is 5.68. The number of alkyl halides is 2. The van der Waals surface area contributed by atoms with Crippen molar-refractivity contribution in [2.75, 3.05) is 6.67 Å². The van der Waals surface area contributed by atoms with Crippen LogP contribution in [0.25, 0.3) is 0 Å². The third kappa shape index (κ3) is 2.80. The molecule has 0 radical (unpaired) electrons. The van der Waals surface area contributed by atoms with Crippen LogP contribution in [0.3, 0.4) is 0 Å². The van der Waals surface area contributed by atoms with Crippen molar-refractivity contribution in [3.05, 3.63) is 12.3 Å². The number of nitrogens with zero attached hydrogens (tertiary/aromatic N) is 2. The third-order valence-electron chi connectivity index (χ3n) is 4.47. The van der Waals surface area contributed by atoms with Crippen LogP contribution in [0.15, 0.2) is 17.3 Å². The Hall–Kier alpha value is -1.17. The SMILES string of the molecule is CCC(C)CC1CC(N2C=CC(N)=NC2)C(F)(F)C1O. The number of nitrogens with two attached hydrogens (primary N) is 1. The van der Waals surface area contributed by atoms with Gasteiger partial charge in [0.15, 0.2) is 0 Å². The van der Waals surface area contributed by atoms with E-state index in [0.29, 0.717) is 18.2 Å². The summed E-state index contributed by atoms with van der Waals surface area (Å²) in [5, 5.41) is 9.95. The van der Waals surface area contributed by atoms with Crippen LogP contribution in [0, 0.1) is 11.8 Å². The molecule has 1 saturated carbocycles. The van der Waals surface area contributed by atoms with Crippen molar-refractivity contribution in [3.8, 4) is 0 Å². The molecule has 4 nitrogen and oxygen atoms in total. The van der Waals surface area contributed by atoms with Crippen molar-refractivity contribution >= 4 is 5.84 Å². The van der Waals surface area contributed by atoms with Gasteiger partial charge in [0.25, 0.3) is 5.92 Å². The summed E-state index contributed by atoms with van der Waals surface area (Å²) in [6.45, 7) is 4.20. The Morgan fingerprint density at radius 3 is 2.85 bits per heavy atom. The summed E-state index contributed by atoms with van der Waals surface area (Å²) in [7, 11) is 0. The van der Waals surface area contributed by atoms with E-state index in [2.05, 4.69) is 4.99 Å². The monoisotopic (exact) mass is 287 g/mol. The van der Waals surface area contributed by atoms with Gasteiger partial charge in [-0.3, -0.25) is 0 Å². The molecule has 0 amide bonds. The lowest BCUT2D eigenvalue weighted by atomic mass is 9.91. The van der Waals surface area contributed by atoms with E-state index >= 15 is 0 Å². The van der Waals surface area contributed by atoms with Gasteiger partial charge in [-0.25, -0.2) is 13.8 Å². The molecule has 2 rings (SSSR count). The number of amidine groups is 1. The second-order valence-electron chi connectivity index (χ2n) is 5.93. The summed E-state index contributed by atoms with van der Waals surface area (Å²) >= 11 is 0. The van der Waals surface area contributed by atoms with E-state index in [1.807, 2.05) is 13.8 Å². The molecule has 114 valence electrons. The first-order valence-electron chi connectivity index (χ1n) is 7.16. The predicted molar refractivity (Wildman–Crippen MR) is 74.4 cm³/mol. The molecular weight excluding hydrogens is 264 g/mol. The Kier molecular flexibility index (Phi) is 4.32. The quantitative estimate of drug-likeness (QED) is 0.831. The van der Waals surface area contributed by atoms with E-state index in [0.717, 1.165) is 6.42 Å². The largest absolute Gasteiger partial charge is 0.386 e. The molecular formula is C14H23F2N3O. The van der Waals surface area contributed by atoms with Crippen LogP contribution < -0.4 is 5.73 Å². The highest BCUT2D eigenvalue weighted by Gasteiger charge is 2.58. The summed E-state index contributed by atoms with van der Waals surface area (Å²) in [4.78, 5) is 5.45. The zero-order valence-electron chi connectivity index (χ0n) is 12.0. The minimum Gasteiger partial charge on any atom is -0.386 e. The van der Waals surface area contributed by atoms with Gasteiger partial charge in [0, 0.05) is 6.20 Å². The first-order chi connectivity index (χ1) is 9.36. The molecule has 1 heterocycles. The third-order valence-corrected chi connectivity index (χ3v) is 4.47. The van der Waals surface area contributed by atoms with Crippen LogP contribution in [-0.4, -0.2) is 40.6 Å². The highest BCUT2D eigenvalue weighted by atomic mass is 19.3. The molecule has 0 spiro atoms. The lowest BCUT2D eigenvalue weighted by Gasteiger charge is -2.32. The van der Waals surface area contributed by atoms with E-state index < -0.39 is 18.1 Å². The molecule has 2 aliphatic rings. The van der Waals surface area contributed by atoms with Crippen LogP contribution in [0.4, 0.5) is 8.78 Å². The van der Waals surface area contributed by atoms with Gasteiger partial charge >= 0.3 is 0 Å². The molecule has 20 heavy (non-hydrogen) atoms. The summed E-state index contributed by atoms with van der Waals surface area (Å²) in [5.41, 5.74) is 5.50. The Labute approximate surface area is 118 Å². The standard InChI is InChI=1S/C14H23F2N3O/c1-3-9(2)6-10-7-11(14(15,16)13(10)20)19-5-4-12(17)18-8-19/h4-5,9-11,13,20H,3,6-8H2,1-2H3,(H2,17,18).